The van der Waals surface area contributed by atoms with Crippen molar-refractivity contribution in [3.8, 4) is 0 Å². The van der Waals surface area contributed by atoms with E-state index in [1.54, 1.807) is 0 Å². The molecule has 2 amide bonds. The minimum Gasteiger partial charge on any atom is -0.445 e. The quantitative estimate of drug-likeness (QED) is 0.850. The minimum atomic E-state index is -0.505. The standard InChI is InChI=1S/C15H18N2O4.H2/c18-11-16-13-7-4-8-17(9-14(13)19)15(20)21-10-12-5-2-1-3-6-12;/h1-3,5-6,11,13H,4,7-10H2,(H,16,18);1H. The van der Waals surface area contributed by atoms with Gasteiger partial charge in [-0.05, 0) is 18.4 Å². The predicted molar refractivity (Wildman–Crippen MR) is 77.5 cm³/mol. The van der Waals surface area contributed by atoms with E-state index in [2.05, 4.69) is 5.32 Å². The zero-order valence-corrected chi connectivity index (χ0v) is 11.7. The molecule has 0 aromatic heterocycles. The van der Waals surface area contributed by atoms with Crippen LogP contribution in [0.2, 0.25) is 0 Å². The highest BCUT2D eigenvalue weighted by atomic mass is 16.6. The van der Waals surface area contributed by atoms with Gasteiger partial charge >= 0.3 is 6.09 Å². The van der Waals surface area contributed by atoms with Crippen molar-refractivity contribution >= 4 is 18.3 Å². The number of Topliss-reactive ketones (excluding diaryl/α,β-unsaturated/α-hetero) is 1. The Labute approximate surface area is 124 Å². The molecule has 6 heteroatoms. The molecule has 1 fully saturated rings. The second kappa shape index (κ2) is 7.42. The molecule has 0 bridgehead atoms. The van der Waals surface area contributed by atoms with Gasteiger partial charge in [0.1, 0.15) is 6.61 Å². The smallest absolute Gasteiger partial charge is 0.410 e. The van der Waals surface area contributed by atoms with Crippen LogP contribution in [0.5, 0.6) is 0 Å². The first-order chi connectivity index (χ1) is 10.2. The summed E-state index contributed by atoms with van der Waals surface area (Å²) < 4.78 is 5.21. The topological polar surface area (TPSA) is 75.7 Å². The van der Waals surface area contributed by atoms with Crippen molar-refractivity contribution in [2.75, 3.05) is 13.1 Å². The molecule has 21 heavy (non-hydrogen) atoms. The van der Waals surface area contributed by atoms with Gasteiger partial charge in [0.2, 0.25) is 6.41 Å². The molecule has 1 aliphatic heterocycles. The van der Waals surface area contributed by atoms with Gasteiger partial charge in [0, 0.05) is 7.97 Å². The van der Waals surface area contributed by atoms with E-state index in [1.807, 2.05) is 30.3 Å². The predicted octanol–water partition coefficient (Wildman–Crippen LogP) is 1.35. The third kappa shape index (κ3) is 4.30. The van der Waals surface area contributed by atoms with Crippen LogP contribution < -0.4 is 5.32 Å². The van der Waals surface area contributed by atoms with Crippen LogP contribution in [-0.4, -0.2) is 42.3 Å². The highest BCUT2D eigenvalue weighted by Crippen LogP contribution is 2.10. The molecule has 6 nitrogen and oxygen atoms in total. The van der Waals surface area contributed by atoms with Crippen LogP contribution in [-0.2, 0) is 20.9 Å². The fourth-order valence-corrected chi connectivity index (χ4v) is 2.25. The monoisotopic (exact) mass is 292 g/mol. The maximum absolute atomic E-state index is 12.0. The van der Waals surface area contributed by atoms with E-state index < -0.39 is 12.1 Å². The van der Waals surface area contributed by atoms with Gasteiger partial charge in [-0.1, -0.05) is 30.3 Å². The van der Waals surface area contributed by atoms with Crippen molar-refractivity contribution in [3.63, 3.8) is 0 Å². The molecule has 0 radical (unpaired) electrons. The highest BCUT2D eigenvalue weighted by Gasteiger charge is 2.27. The number of hydrogen-bond acceptors (Lipinski definition) is 4. The second-order valence-corrected chi connectivity index (χ2v) is 4.91. The van der Waals surface area contributed by atoms with Crippen LogP contribution in [0.3, 0.4) is 0 Å². The first kappa shape index (κ1) is 15.0. The van der Waals surface area contributed by atoms with E-state index in [9.17, 15) is 14.4 Å². The average molecular weight is 292 g/mol. The third-order valence-electron chi connectivity index (χ3n) is 3.39. The number of carbonyl (C=O) groups excluding carboxylic acids is 3. The van der Waals surface area contributed by atoms with Crippen molar-refractivity contribution in [1.29, 1.82) is 0 Å². The first-order valence-corrected chi connectivity index (χ1v) is 6.88. The van der Waals surface area contributed by atoms with Crippen molar-refractivity contribution in [2.45, 2.75) is 25.5 Å². The van der Waals surface area contributed by atoms with Crippen LogP contribution in [0, 0.1) is 0 Å². The summed E-state index contributed by atoms with van der Waals surface area (Å²) in [4.78, 5) is 35.7. The molecule has 1 aliphatic rings. The molecule has 1 aromatic carbocycles. The molecule has 0 spiro atoms. The second-order valence-electron chi connectivity index (χ2n) is 4.91. The zero-order chi connectivity index (χ0) is 15.1. The Bertz CT molecular complexity index is 510. The number of ketones is 1. The number of ether oxygens (including phenoxy) is 1. The van der Waals surface area contributed by atoms with Crippen LogP contribution in [0.25, 0.3) is 0 Å². The lowest BCUT2D eigenvalue weighted by molar-refractivity contribution is -0.123. The van der Waals surface area contributed by atoms with Crippen molar-refractivity contribution < 1.29 is 20.5 Å². The molecule has 1 heterocycles. The zero-order valence-electron chi connectivity index (χ0n) is 11.7. The number of nitrogens with one attached hydrogen (secondary N) is 1. The molecule has 0 aliphatic carbocycles. The maximum Gasteiger partial charge on any atom is 0.410 e. The van der Waals surface area contributed by atoms with Gasteiger partial charge in [-0.15, -0.1) is 0 Å². The fourth-order valence-electron chi connectivity index (χ4n) is 2.25. The van der Waals surface area contributed by atoms with Crippen LogP contribution in [0.15, 0.2) is 30.3 Å². The number of hydrogen-bond donors (Lipinski definition) is 1. The Kier molecular flexibility index (Phi) is 5.31. The Morgan fingerprint density at radius 1 is 1.43 bits per heavy atom. The lowest BCUT2D eigenvalue weighted by atomic mass is 10.1. The summed E-state index contributed by atoms with van der Waals surface area (Å²) in [5, 5.41) is 2.48. The Morgan fingerprint density at radius 3 is 2.90 bits per heavy atom. The van der Waals surface area contributed by atoms with Gasteiger partial charge in [-0.25, -0.2) is 4.79 Å². The number of nitrogens with zero attached hydrogens (tertiary/aromatic N) is 1. The summed E-state index contributed by atoms with van der Waals surface area (Å²) >= 11 is 0. The Hall–Kier alpha value is -2.37. The number of carbonyl (C=O) groups is 3. The molecule has 2 rings (SSSR count). The van der Waals surface area contributed by atoms with Crippen molar-refractivity contribution in [2.24, 2.45) is 0 Å². The lowest BCUT2D eigenvalue weighted by Crippen LogP contribution is -2.41. The molecule has 1 saturated heterocycles. The summed E-state index contributed by atoms with van der Waals surface area (Å²) in [7, 11) is 0. The molecule has 1 N–H and O–H groups in total. The normalized spacial score (nSPS) is 18.8. The van der Waals surface area contributed by atoms with E-state index in [0.29, 0.717) is 25.8 Å². The van der Waals surface area contributed by atoms with Crippen molar-refractivity contribution in [3.05, 3.63) is 35.9 Å². The first-order valence-electron chi connectivity index (χ1n) is 6.88. The molecule has 114 valence electrons. The summed E-state index contributed by atoms with van der Waals surface area (Å²) in [6.07, 6.45) is 1.21. The number of rotatable bonds is 4. The largest absolute Gasteiger partial charge is 0.445 e. The van der Waals surface area contributed by atoms with Gasteiger partial charge in [0.05, 0.1) is 12.6 Å². The van der Waals surface area contributed by atoms with E-state index >= 15 is 0 Å². The Morgan fingerprint density at radius 2 is 2.19 bits per heavy atom. The van der Waals surface area contributed by atoms with Crippen molar-refractivity contribution in [1.82, 2.24) is 10.2 Å². The molecular formula is C15H20N2O4. The van der Waals surface area contributed by atoms with E-state index in [0.717, 1.165) is 5.56 Å². The Balaban J connectivity index is 0.00000242. The van der Waals surface area contributed by atoms with Gasteiger partial charge in [-0.3, -0.25) is 9.59 Å². The fraction of sp³-hybridized carbons (Fsp3) is 0.400. The minimum absolute atomic E-state index is 0. The molecule has 1 atom stereocenters. The molecule has 1 unspecified atom stereocenters. The van der Waals surface area contributed by atoms with Gasteiger partial charge in [0.25, 0.3) is 0 Å². The van der Waals surface area contributed by atoms with Gasteiger partial charge in [-0.2, -0.15) is 0 Å². The summed E-state index contributed by atoms with van der Waals surface area (Å²) in [5.41, 5.74) is 0.896. The van der Waals surface area contributed by atoms with E-state index in [4.69, 9.17) is 4.74 Å². The van der Waals surface area contributed by atoms with Gasteiger partial charge in [0.15, 0.2) is 5.78 Å². The average Bonchev–Trinajstić information content (AvgIpc) is 2.69. The van der Waals surface area contributed by atoms with E-state index in [-0.39, 0.29) is 20.4 Å². The van der Waals surface area contributed by atoms with Crippen LogP contribution in [0.1, 0.15) is 19.8 Å². The van der Waals surface area contributed by atoms with E-state index in [1.165, 1.54) is 4.90 Å². The summed E-state index contributed by atoms with van der Waals surface area (Å²) in [6.45, 7) is 0.607. The molecular weight excluding hydrogens is 272 g/mol. The number of amides is 2. The third-order valence-corrected chi connectivity index (χ3v) is 3.39. The molecule has 1 aromatic rings. The SMILES string of the molecule is O=CNC1CCCN(C(=O)OCc2ccccc2)CC1=O.[HH]. The van der Waals surface area contributed by atoms with Gasteiger partial charge < -0.3 is 15.0 Å². The molecule has 0 saturated carbocycles. The van der Waals surface area contributed by atoms with Crippen LogP contribution >= 0.6 is 0 Å². The highest BCUT2D eigenvalue weighted by molar-refractivity contribution is 5.90. The number of benzene rings is 1. The summed E-state index contributed by atoms with van der Waals surface area (Å²) in [5.74, 6) is -0.170. The summed E-state index contributed by atoms with van der Waals surface area (Å²) in [6, 6.07) is 8.85. The maximum atomic E-state index is 12.0. The lowest BCUT2D eigenvalue weighted by Gasteiger charge is -2.19. The van der Waals surface area contributed by atoms with Crippen LogP contribution in [0.4, 0.5) is 4.79 Å². The number of likely N-dealkylation sites (tertiary alicyclic amines) is 1.